The van der Waals surface area contributed by atoms with Crippen molar-refractivity contribution in [3.8, 4) is 0 Å². The number of aliphatic hydroxyl groups is 1. The number of hydrogen-bond donors (Lipinski definition) is 2. The molecule has 0 heterocycles. The van der Waals surface area contributed by atoms with E-state index < -0.39 is 6.10 Å². The predicted molar refractivity (Wildman–Crippen MR) is 102 cm³/mol. The second-order valence-corrected chi connectivity index (χ2v) is 6.53. The zero-order valence-electron chi connectivity index (χ0n) is 14.7. The number of nitrogens with zero attached hydrogens (tertiary/aromatic N) is 1. The lowest BCUT2D eigenvalue weighted by Crippen LogP contribution is -2.38. The SMILES string of the molecule is CCN(CC(=O)NCC(O)c1ccc(C)cc1)Cc1ccccc1Cl. The molecule has 0 saturated heterocycles. The summed E-state index contributed by atoms with van der Waals surface area (Å²) >= 11 is 6.18. The minimum Gasteiger partial charge on any atom is -0.387 e. The number of halogens is 1. The molecule has 134 valence electrons. The molecule has 2 rings (SSSR count). The van der Waals surface area contributed by atoms with E-state index in [4.69, 9.17) is 11.6 Å². The average molecular weight is 361 g/mol. The number of carbonyl (C=O) groups is 1. The zero-order valence-corrected chi connectivity index (χ0v) is 15.5. The lowest BCUT2D eigenvalue weighted by Gasteiger charge is -2.21. The summed E-state index contributed by atoms with van der Waals surface area (Å²) in [6.45, 7) is 5.82. The summed E-state index contributed by atoms with van der Waals surface area (Å²) in [6, 6.07) is 15.3. The minimum atomic E-state index is -0.705. The summed E-state index contributed by atoms with van der Waals surface area (Å²) in [6.07, 6.45) is -0.705. The molecular formula is C20H25ClN2O2. The number of aryl methyl sites for hydroxylation is 1. The first-order valence-electron chi connectivity index (χ1n) is 8.46. The van der Waals surface area contributed by atoms with Gasteiger partial charge in [0.15, 0.2) is 0 Å². The maximum absolute atomic E-state index is 12.2. The second-order valence-electron chi connectivity index (χ2n) is 6.13. The Balaban J connectivity index is 1.83. The van der Waals surface area contributed by atoms with Crippen LogP contribution in [0.3, 0.4) is 0 Å². The lowest BCUT2D eigenvalue weighted by molar-refractivity contribution is -0.122. The Hall–Kier alpha value is -1.88. The van der Waals surface area contributed by atoms with E-state index >= 15 is 0 Å². The molecule has 0 spiro atoms. The summed E-state index contributed by atoms with van der Waals surface area (Å²) in [5.41, 5.74) is 2.94. The molecule has 1 amide bonds. The van der Waals surface area contributed by atoms with Crippen LogP contribution in [0.1, 0.15) is 29.7 Å². The Bertz CT molecular complexity index is 688. The highest BCUT2D eigenvalue weighted by molar-refractivity contribution is 6.31. The molecule has 0 aromatic heterocycles. The van der Waals surface area contributed by atoms with Crippen LogP contribution in [0, 0.1) is 6.92 Å². The van der Waals surface area contributed by atoms with Crippen LogP contribution in [0.4, 0.5) is 0 Å². The van der Waals surface area contributed by atoms with Crippen LogP contribution in [0.2, 0.25) is 5.02 Å². The van der Waals surface area contributed by atoms with Crippen LogP contribution < -0.4 is 5.32 Å². The van der Waals surface area contributed by atoms with Gasteiger partial charge in [-0.25, -0.2) is 0 Å². The van der Waals surface area contributed by atoms with Crippen LogP contribution in [0.5, 0.6) is 0 Å². The molecule has 4 nitrogen and oxygen atoms in total. The molecule has 0 aliphatic rings. The van der Waals surface area contributed by atoms with Crippen molar-refractivity contribution in [2.24, 2.45) is 0 Å². The molecule has 0 aliphatic heterocycles. The molecule has 0 bridgehead atoms. The molecule has 0 saturated carbocycles. The Kier molecular flexibility index (Phi) is 7.44. The maximum atomic E-state index is 12.2. The molecule has 2 N–H and O–H groups in total. The first-order valence-corrected chi connectivity index (χ1v) is 8.84. The van der Waals surface area contributed by atoms with Gasteiger partial charge in [0.2, 0.25) is 5.91 Å². The first-order chi connectivity index (χ1) is 12.0. The molecule has 0 aliphatic carbocycles. The van der Waals surface area contributed by atoms with Crippen LogP contribution in [0.25, 0.3) is 0 Å². The highest BCUT2D eigenvalue weighted by Gasteiger charge is 2.13. The Morgan fingerprint density at radius 1 is 1.20 bits per heavy atom. The van der Waals surface area contributed by atoms with Gasteiger partial charge in [0.1, 0.15) is 0 Å². The van der Waals surface area contributed by atoms with Crippen molar-refractivity contribution in [1.82, 2.24) is 10.2 Å². The third-order valence-electron chi connectivity index (χ3n) is 4.12. The minimum absolute atomic E-state index is 0.111. The quantitative estimate of drug-likeness (QED) is 0.759. The fourth-order valence-electron chi connectivity index (χ4n) is 2.52. The highest BCUT2D eigenvalue weighted by Crippen LogP contribution is 2.17. The van der Waals surface area contributed by atoms with Gasteiger partial charge < -0.3 is 10.4 Å². The summed E-state index contributed by atoms with van der Waals surface area (Å²) in [7, 11) is 0. The second kappa shape index (κ2) is 9.56. The van der Waals surface area contributed by atoms with Crippen molar-refractivity contribution >= 4 is 17.5 Å². The fourth-order valence-corrected chi connectivity index (χ4v) is 2.72. The number of benzene rings is 2. The van der Waals surface area contributed by atoms with Crippen molar-refractivity contribution in [1.29, 1.82) is 0 Å². The Morgan fingerprint density at radius 3 is 2.52 bits per heavy atom. The van der Waals surface area contributed by atoms with E-state index in [9.17, 15) is 9.90 Å². The van der Waals surface area contributed by atoms with Gasteiger partial charge in [0, 0.05) is 18.1 Å². The molecule has 25 heavy (non-hydrogen) atoms. The summed E-state index contributed by atoms with van der Waals surface area (Å²) < 4.78 is 0. The molecule has 0 radical (unpaired) electrons. The van der Waals surface area contributed by atoms with E-state index in [1.165, 1.54) is 0 Å². The normalized spacial score (nSPS) is 12.2. The van der Waals surface area contributed by atoms with E-state index in [1.807, 2.05) is 67.3 Å². The van der Waals surface area contributed by atoms with E-state index in [0.717, 1.165) is 23.2 Å². The van der Waals surface area contributed by atoms with Crippen molar-refractivity contribution < 1.29 is 9.90 Å². The summed E-state index contributed by atoms with van der Waals surface area (Å²) in [5, 5.41) is 13.7. The monoisotopic (exact) mass is 360 g/mol. The number of amides is 1. The molecule has 2 aromatic rings. The Morgan fingerprint density at radius 2 is 1.88 bits per heavy atom. The third kappa shape index (κ3) is 6.16. The highest BCUT2D eigenvalue weighted by atomic mass is 35.5. The topological polar surface area (TPSA) is 52.6 Å². The average Bonchev–Trinajstić information content (AvgIpc) is 2.61. The summed E-state index contributed by atoms with van der Waals surface area (Å²) in [5.74, 6) is -0.111. The third-order valence-corrected chi connectivity index (χ3v) is 4.49. The van der Waals surface area contributed by atoms with E-state index in [2.05, 4.69) is 5.32 Å². The van der Waals surface area contributed by atoms with Crippen LogP contribution >= 0.6 is 11.6 Å². The number of rotatable bonds is 8. The van der Waals surface area contributed by atoms with Crippen LogP contribution in [0.15, 0.2) is 48.5 Å². The largest absolute Gasteiger partial charge is 0.387 e. The van der Waals surface area contributed by atoms with Gasteiger partial charge in [-0.1, -0.05) is 66.6 Å². The van der Waals surface area contributed by atoms with Crippen LogP contribution in [-0.2, 0) is 11.3 Å². The molecule has 0 fully saturated rings. The predicted octanol–water partition coefficient (Wildman–Crippen LogP) is 3.32. The number of hydrogen-bond acceptors (Lipinski definition) is 3. The first kappa shape index (κ1) is 19.4. The van der Waals surface area contributed by atoms with Crippen LogP contribution in [-0.4, -0.2) is 35.5 Å². The molecule has 1 unspecified atom stereocenters. The number of nitrogens with one attached hydrogen (secondary N) is 1. The van der Waals surface area contributed by atoms with Gasteiger partial charge in [0.05, 0.1) is 12.6 Å². The van der Waals surface area contributed by atoms with Crippen molar-refractivity contribution in [2.45, 2.75) is 26.5 Å². The smallest absolute Gasteiger partial charge is 0.234 e. The fraction of sp³-hybridized carbons (Fsp3) is 0.350. The van der Waals surface area contributed by atoms with E-state index in [1.54, 1.807) is 0 Å². The molecule has 1 atom stereocenters. The maximum Gasteiger partial charge on any atom is 0.234 e. The van der Waals surface area contributed by atoms with Crippen molar-refractivity contribution in [3.63, 3.8) is 0 Å². The molecule has 2 aromatic carbocycles. The van der Waals surface area contributed by atoms with E-state index in [0.29, 0.717) is 11.6 Å². The molecule has 5 heteroatoms. The lowest BCUT2D eigenvalue weighted by atomic mass is 10.1. The van der Waals surface area contributed by atoms with Gasteiger partial charge >= 0.3 is 0 Å². The van der Waals surface area contributed by atoms with Gasteiger partial charge in [-0.05, 0) is 30.7 Å². The zero-order chi connectivity index (χ0) is 18.2. The van der Waals surface area contributed by atoms with Gasteiger partial charge in [-0.3, -0.25) is 9.69 Å². The van der Waals surface area contributed by atoms with Crippen molar-refractivity contribution in [2.75, 3.05) is 19.6 Å². The molecular weight excluding hydrogens is 336 g/mol. The van der Waals surface area contributed by atoms with Gasteiger partial charge in [0.25, 0.3) is 0 Å². The number of likely N-dealkylation sites (N-methyl/N-ethyl adjacent to an activating group) is 1. The van der Waals surface area contributed by atoms with Crippen molar-refractivity contribution in [3.05, 3.63) is 70.2 Å². The standard InChI is InChI=1S/C20H25ClN2O2/c1-3-23(13-17-6-4-5-7-18(17)21)14-20(25)22-12-19(24)16-10-8-15(2)9-11-16/h4-11,19,24H,3,12-14H2,1-2H3,(H,22,25). The van der Waals surface area contributed by atoms with Gasteiger partial charge in [-0.2, -0.15) is 0 Å². The summed E-state index contributed by atoms with van der Waals surface area (Å²) in [4.78, 5) is 14.2. The number of carbonyl (C=O) groups excluding carboxylic acids is 1. The van der Waals surface area contributed by atoms with E-state index in [-0.39, 0.29) is 19.0 Å². The van der Waals surface area contributed by atoms with Gasteiger partial charge in [-0.15, -0.1) is 0 Å². The Labute approximate surface area is 154 Å². The number of aliphatic hydroxyl groups excluding tert-OH is 1.